The van der Waals surface area contributed by atoms with Crippen molar-refractivity contribution in [2.45, 2.75) is 44.6 Å². The molecule has 1 fully saturated rings. The van der Waals surface area contributed by atoms with Crippen LogP contribution in [-0.2, 0) is 14.9 Å². The number of ether oxygens (including phenoxy) is 2. The number of esters is 1. The van der Waals surface area contributed by atoms with E-state index in [9.17, 15) is 13.6 Å². The number of allylic oxidation sites excluding steroid dienone is 3. The molecule has 4 aromatic rings. The molecule has 8 nitrogen and oxygen atoms in total. The van der Waals surface area contributed by atoms with Crippen LogP contribution in [0.3, 0.4) is 0 Å². The maximum absolute atomic E-state index is 13.8. The van der Waals surface area contributed by atoms with E-state index in [0.717, 1.165) is 25.9 Å². The molecule has 238 valence electrons. The van der Waals surface area contributed by atoms with Gasteiger partial charge in [0.15, 0.2) is 0 Å². The van der Waals surface area contributed by atoms with Gasteiger partial charge < -0.3 is 19.2 Å². The Kier molecular flexibility index (Phi) is 9.25. The SMILES string of the molecule is CC1=C(C(=O)OCCN2CCC(c3ccccc3)(c3ccccc3)CC2)C(c2ccccc2OC(F)F)C(c2nnco2)=C(C)N1. The molecule has 3 heterocycles. The van der Waals surface area contributed by atoms with E-state index in [1.807, 2.05) is 12.1 Å². The number of hydrogen-bond acceptors (Lipinski definition) is 8. The van der Waals surface area contributed by atoms with Crippen molar-refractivity contribution >= 4 is 11.5 Å². The normalized spacial score (nSPS) is 18.4. The number of benzene rings is 3. The molecule has 1 atom stereocenters. The van der Waals surface area contributed by atoms with E-state index in [2.05, 4.69) is 68.9 Å². The zero-order valence-electron chi connectivity index (χ0n) is 25.8. The summed E-state index contributed by atoms with van der Waals surface area (Å²) in [6, 6.07) is 27.7. The molecule has 2 aliphatic heterocycles. The molecule has 46 heavy (non-hydrogen) atoms. The fraction of sp³-hybridized carbons (Fsp3) is 0.306. The van der Waals surface area contributed by atoms with E-state index in [1.54, 1.807) is 32.0 Å². The van der Waals surface area contributed by atoms with Gasteiger partial charge in [0.25, 0.3) is 0 Å². The lowest BCUT2D eigenvalue weighted by atomic mass is 9.68. The van der Waals surface area contributed by atoms with Gasteiger partial charge in [-0.2, -0.15) is 8.78 Å². The van der Waals surface area contributed by atoms with Crippen molar-refractivity contribution in [2.24, 2.45) is 0 Å². The van der Waals surface area contributed by atoms with Crippen LogP contribution in [-0.4, -0.2) is 53.9 Å². The summed E-state index contributed by atoms with van der Waals surface area (Å²) in [5, 5.41) is 11.1. The standard InChI is InChI=1S/C36H36F2N4O4/c1-24-30(33-41-39-23-45-33)32(28-15-9-10-16-29(28)46-35(37)38)31(25(2)40-24)34(43)44-22-21-42-19-17-36(18-20-42,26-11-5-3-6-12-26)27-13-7-4-8-14-27/h3-16,23,32,35,40H,17-22H2,1-2H3. The van der Waals surface area contributed by atoms with E-state index in [1.165, 1.54) is 23.6 Å². The summed E-state index contributed by atoms with van der Waals surface area (Å²) in [6.45, 7) is 2.92. The highest BCUT2D eigenvalue weighted by molar-refractivity contribution is 5.97. The second kappa shape index (κ2) is 13.7. The molecule has 1 unspecified atom stereocenters. The Labute approximate surface area is 266 Å². The zero-order valence-corrected chi connectivity index (χ0v) is 25.8. The number of aromatic nitrogens is 2. The van der Waals surface area contributed by atoms with Crippen LogP contribution >= 0.6 is 0 Å². The first-order valence-corrected chi connectivity index (χ1v) is 15.4. The third-order valence-electron chi connectivity index (χ3n) is 9.02. The molecule has 1 N–H and O–H groups in total. The molecule has 1 aromatic heterocycles. The minimum absolute atomic E-state index is 0.0547. The Bertz CT molecular complexity index is 1660. The fourth-order valence-corrected chi connectivity index (χ4v) is 6.83. The Morgan fingerprint density at radius 2 is 1.59 bits per heavy atom. The van der Waals surface area contributed by atoms with Crippen molar-refractivity contribution in [3.8, 4) is 5.75 Å². The zero-order chi connectivity index (χ0) is 32.1. The molecule has 0 aliphatic carbocycles. The van der Waals surface area contributed by atoms with Crippen LogP contribution in [0.15, 0.2) is 113 Å². The topological polar surface area (TPSA) is 89.7 Å². The molecule has 6 rings (SSSR count). The average molecular weight is 627 g/mol. The van der Waals surface area contributed by atoms with Gasteiger partial charge >= 0.3 is 12.6 Å². The maximum Gasteiger partial charge on any atom is 0.387 e. The number of halogens is 2. The predicted molar refractivity (Wildman–Crippen MR) is 169 cm³/mol. The van der Waals surface area contributed by atoms with E-state index >= 15 is 0 Å². The number of piperidine rings is 1. The molecule has 0 radical (unpaired) electrons. The van der Waals surface area contributed by atoms with Gasteiger partial charge in [-0.25, -0.2) is 4.79 Å². The highest BCUT2D eigenvalue weighted by Crippen LogP contribution is 2.46. The first-order chi connectivity index (χ1) is 22.4. The van der Waals surface area contributed by atoms with E-state index in [4.69, 9.17) is 13.9 Å². The van der Waals surface area contributed by atoms with Crippen LogP contribution < -0.4 is 10.1 Å². The monoisotopic (exact) mass is 626 g/mol. The smallest absolute Gasteiger partial charge is 0.387 e. The van der Waals surface area contributed by atoms with Gasteiger partial charge in [0.05, 0.1) is 11.5 Å². The average Bonchev–Trinajstić information content (AvgIpc) is 3.60. The van der Waals surface area contributed by atoms with Gasteiger partial charge in [-0.3, -0.25) is 4.90 Å². The summed E-state index contributed by atoms with van der Waals surface area (Å²) >= 11 is 0. The maximum atomic E-state index is 13.8. The summed E-state index contributed by atoms with van der Waals surface area (Å²) in [5.41, 5.74) is 4.81. The summed E-state index contributed by atoms with van der Waals surface area (Å²) in [4.78, 5) is 16.2. The Morgan fingerprint density at radius 1 is 0.957 bits per heavy atom. The van der Waals surface area contributed by atoms with Crippen molar-refractivity contribution in [3.05, 3.63) is 131 Å². The van der Waals surface area contributed by atoms with Crippen molar-refractivity contribution in [2.75, 3.05) is 26.2 Å². The van der Waals surface area contributed by atoms with E-state index in [0.29, 0.717) is 29.1 Å². The Hall–Kier alpha value is -4.83. The molecule has 0 saturated carbocycles. The lowest BCUT2D eigenvalue weighted by molar-refractivity contribution is -0.139. The molecular weight excluding hydrogens is 590 g/mol. The van der Waals surface area contributed by atoms with Crippen LogP contribution in [0.1, 0.15) is 55.2 Å². The van der Waals surface area contributed by atoms with E-state index < -0.39 is 18.5 Å². The largest absolute Gasteiger partial charge is 0.461 e. The van der Waals surface area contributed by atoms with Crippen molar-refractivity contribution in [1.82, 2.24) is 20.4 Å². The molecule has 10 heteroatoms. The number of carbonyl (C=O) groups excluding carboxylic acids is 1. The van der Waals surface area contributed by atoms with Gasteiger partial charge in [-0.1, -0.05) is 78.9 Å². The minimum Gasteiger partial charge on any atom is -0.461 e. The van der Waals surface area contributed by atoms with E-state index in [-0.39, 0.29) is 29.2 Å². The van der Waals surface area contributed by atoms with Crippen molar-refractivity contribution < 1.29 is 27.5 Å². The van der Waals surface area contributed by atoms with Gasteiger partial charge in [0.2, 0.25) is 12.3 Å². The highest BCUT2D eigenvalue weighted by Gasteiger charge is 2.40. The van der Waals surface area contributed by atoms with Crippen LogP contribution in [0.2, 0.25) is 0 Å². The summed E-state index contributed by atoms with van der Waals surface area (Å²) < 4.78 is 43.2. The molecular formula is C36H36F2N4O4. The fourth-order valence-electron chi connectivity index (χ4n) is 6.83. The predicted octanol–water partition coefficient (Wildman–Crippen LogP) is 6.69. The molecule has 0 bridgehead atoms. The number of rotatable bonds is 10. The third kappa shape index (κ3) is 6.30. The first kappa shape index (κ1) is 31.2. The highest BCUT2D eigenvalue weighted by atomic mass is 19.3. The number of carbonyl (C=O) groups is 1. The molecule has 0 spiro atoms. The van der Waals surface area contributed by atoms with Gasteiger partial charge in [0, 0.05) is 34.5 Å². The number of likely N-dealkylation sites (tertiary alicyclic amines) is 1. The molecule has 0 amide bonds. The van der Waals surface area contributed by atoms with Crippen molar-refractivity contribution in [1.29, 1.82) is 0 Å². The lowest BCUT2D eigenvalue weighted by Gasteiger charge is -2.43. The lowest BCUT2D eigenvalue weighted by Crippen LogP contribution is -2.44. The minimum atomic E-state index is -3.05. The molecule has 3 aromatic carbocycles. The third-order valence-corrected chi connectivity index (χ3v) is 9.02. The van der Waals surface area contributed by atoms with Crippen LogP contribution in [0.25, 0.3) is 5.57 Å². The number of para-hydroxylation sites is 1. The Balaban J connectivity index is 1.19. The summed E-state index contributed by atoms with van der Waals surface area (Å²) in [7, 11) is 0. The quantitative estimate of drug-likeness (QED) is 0.195. The van der Waals surface area contributed by atoms with Gasteiger partial charge in [-0.05, 0) is 57.0 Å². The van der Waals surface area contributed by atoms with Gasteiger partial charge in [-0.15, -0.1) is 10.2 Å². The molecule has 1 saturated heterocycles. The number of dihydropyridines is 1. The second-order valence-corrected chi connectivity index (χ2v) is 11.6. The number of nitrogens with zero attached hydrogens (tertiary/aromatic N) is 3. The van der Waals surface area contributed by atoms with Crippen molar-refractivity contribution in [3.63, 3.8) is 0 Å². The number of nitrogens with one attached hydrogen (secondary N) is 1. The van der Waals surface area contributed by atoms with Crippen LogP contribution in [0.5, 0.6) is 5.75 Å². The van der Waals surface area contributed by atoms with Crippen LogP contribution in [0.4, 0.5) is 8.78 Å². The first-order valence-electron chi connectivity index (χ1n) is 15.4. The number of alkyl halides is 2. The van der Waals surface area contributed by atoms with Crippen LogP contribution in [0, 0.1) is 0 Å². The second-order valence-electron chi connectivity index (χ2n) is 11.6. The Morgan fingerprint density at radius 3 is 2.20 bits per heavy atom. The number of hydrogen-bond donors (Lipinski definition) is 1. The van der Waals surface area contributed by atoms with Gasteiger partial charge in [0.1, 0.15) is 12.4 Å². The summed E-state index contributed by atoms with van der Waals surface area (Å²) in [5.74, 6) is -1.31. The summed E-state index contributed by atoms with van der Waals surface area (Å²) in [6.07, 6.45) is 3.05. The molecule has 2 aliphatic rings.